The van der Waals surface area contributed by atoms with Gasteiger partial charge in [0.25, 0.3) is 0 Å². The summed E-state index contributed by atoms with van der Waals surface area (Å²) in [6.07, 6.45) is 22.1. The Morgan fingerprint density at radius 2 is 1.47 bits per heavy atom. The van der Waals surface area contributed by atoms with Crippen molar-refractivity contribution in [3.05, 3.63) is 11.6 Å². The summed E-state index contributed by atoms with van der Waals surface area (Å²) in [7, 11) is 0. The Morgan fingerprint density at radius 3 is 2.09 bits per heavy atom. The quantitative estimate of drug-likeness (QED) is 0.134. The van der Waals surface area contributed by atoms with E-state index in [2.05, 4.69) is 13.8 Å². The molecule has 0 amide bonds. The molecule has 43 heavy (non-hydrogen) atoms. The lowest BCUT2D eigenvalue weighted by molar-refractivity contribution is -0.173. The molecule has 0 radical (unpaired) electrons. The number of Topliss-reactive ketones (excluding diaryl/α,β-unsaturated/α-hetero) is 2. The van der Waals surface area contributed by atoms with Gasteiger partial charge in [0.15, 0.2) is 12.4 Å². The number of carbonyl (C=O) groups is 4. The molecule has 4 rings (SSSR count). The van der Waals surface area contributed by atoms with Gasteiger partial charge in [-0.15, -0.1) is 0 Å². The Hall–Kier alpha value is -1.82. The molecule has 0 heterocycles. The van der Waals surface area contributed by atoms with Crippen LogP contribution >= 0.6 is 0 Å². The molecular formula is C37H58O6. The van der Waals surface area contributed by atoms with Crippen LogP contribution in [-0.4, -0.2) is 40.6 Å². The van der Waals surface area contributed by atoms with E-state index in [0.717, 1.165) is 37.7 Å². The highest BCUT2D eigenvalue weighted by Crippen LogP contribution is 2.66. The first-order valence-electron chi connectivity index (χ1n) is 17.7. The molecule has 0 unspecified atom stereocenters. The Balaban J connectivity index is 1.18. The maximum Gasteiger partial charge on any atom is 0.306 e. The molecule has 0 aromatic carbocycles. The molecule has 0 saturated heterocycles. The van der Waals surface area contributed by atoms with E-state index in [1.54, 1.807) is 6.08 Å². The summed E-state index contributed by atoms with van der Waals surface area (Å²) in [5.41, 5.74) is -1.70. The van der Waals surface area contributed by atoms with Gasteiger partial charge < -0.3 is 9.84 Å². The Labute approximate surface area is 260 Å². The van der Waals surface area contributed by atoms with Crippen molar-refractivity contribution in [2.24, 2.45) is 28.6 Å². The van der Waals surface area contributed by atoms with Crippen molar-refractivity contribution in [3.8, 4) is 0 Å². The SMILES string of the molecule is CCCCCCCCCCCCCCCC(=O)OCC(=O)[C@@]1(O)CC[C@H]2[C@@H]3CCC4=CC(=O)CC[C@]4(C)[C@H]3C(=O)C[C@@]21C. The normalized spacial score (nSPS) is 33.4. The summed E-state index contributed by atoms with van der Waals surface area (Å²) < 4.78 is 5.37. The molecule has 0 bridgehead atoms. The van der Waals surface area contributed by atoms with Crippen LogP contribution in [0.25, 0.3) is 0 Å². The number of hydrogen-bond acceptors (Lipinski definition) is 6. The van der Waals surface area contributed by atoms with Gasteiger partial charge >= 0.3 is 5.97 Å². The van der Waals surface area contributed by atoms with Gasteiger partial charge in [0, 0.05) is 30.6 Å². The molecule has 4 aliphatic carbocycles. The van der Waals surface area contributed by atoms with Crippen molar-refractivity contribution in [2.75, 3.05) is 6.61 Å². The van der Waals surface area contributed by atoms with Crippen LogP contribution in [0.3, 0.4) is 0 Å². The third-order valence-electron chi connectivity index (χ3n) is 12.1. The standard InChI is InChI=1S/C37H58O6/c1-4-5-6-7-8-9-10-11-12-13-14-15-16-17-33(41)43-26-32(40)37(42)23-21-30-29-19-18-27-24-28(38)20-22-35(27,2)34(29)31(39)25-36(30,37)3/h24,29-30,34,42H,4-23,25-26H2,1-3H3/t29-,30-,34+,35-,36-,37-/m0/s1. The zero-order valence-electron chi connectivity index (χ0n) is 27.4. The van der Waals surface area contributed by atoms with E-state index >= 15 is 0 Å². The predicted molar refractivity (Wildman–Crippen MR) is 168 cm³/mol. The minimum absolute atomic E-state index is 0.0571. The maximum absolute atomic E-state index is 13.8. The van der Waals surface area contributed by atoms with Crippen molar-refractivity contribution >= 4 is 23.3 Å². The fraction of sp³-hybridized carbons (Fsp3) is 0.838. The van der Waals surface area contributed by atoms with Crippen molar-refractivity contribution in [1.82, 2.24) is 0 Å². The van der Waals surface area contributed by atoms with Crippen molar-refractivity contribution in [2.45, 2.75) is 161 Å². The lowest BCUT2D eigenvalue weighted by atomic mass is 9.46. The number of ketones is 3. The van der Waals surface area contributed by atoms with Crippen LogP contribution in [0, 0.1) is 28.6 Å². The number of fused-ring (bicyclic) bond motifs is 5. The van der Waals surface area contributed by atoms with Gasteiger partial charge in [0.05, 0.1) is 0 Å². The summed E-state index contributed by atoms with van der Waals surface area (Å²) in [6.45, 7) is 5.88. The molecule has 6 atom stereocenters. The summed E-state index contributed by atoms with van der Waals surface area (Å²) in [4.78, 5) is 51.7. The Bertz CT molecular complexity index is 1050. The number of rotatable bonds is 17. The minimum atomic E-state index is -1.66. The second-order valence-electron chi connectivity index (χ2n) is 14.9. The van der Waals surface area contributed by atoms with Crippen LogP contribution in [-0.2, 0) is 23.9 Å². The molecule has 0 aromatic heterocycles. The topological polar surface area (TPSA) is 97.7 Å². The highest BCUT2D eigenvalue weighted by atomic mass is 16.5. The maximum atomic E-state index is 13.8. The van der Waals surface area contributed by atoms with Crippen molar-refractivity contribution in [1.29, 1.82) is 0 Å². The number of hydrogen-bond donors (Lipinski definition) is 1. The van der Waals surface area contributed by atoms with Crippen molar-refractivity contribution in [3.63, 3.8) is 0 Å². The van der Waals surface area contributed by atoms with Gasteiger partial charge in [-0.3, -0.25) is 19.2 Å². The van der Waals surface area contributed by atoms with Gasteiger partial charge in [-0.05, 0) is 61.9 Å². The smallest absolute Gasteiger partial charge is 0.306 e. The van der Waals surface area contributed by atoms with Gasteiger partial charge in [0.2, 0.25) is 5.78 Å². The van der Waals surface area contributed by atoms with E-state index in [0.29, 0.717) is 32.1 Å². The van der Waals surface area contributed by atoms with Crippen LogP contribution in [0.5, 0.6) is 0 Å². The number of allylic oxidation sites excluding steroid dienone is 1. The first-order chi connectivity index (χ1) is 20.6. The average molecular weight is 599 g/mol. The molecule has 1 N–H and O–H groups in total. The molecule has 6 heteroatoms. The lowest BCUT2D eigenvalue weighted by Crippen LogP contribution is -2.61. The molecular weight excluding hydrogens is 540 g/mol. The zero-order valence-corrected chi connectivity index (χ0v) is 27.4. The average Bonchev–Trinajstić information content (AvgIpc) is 3.25. The molecule has 6 nitrogen and oxygen atoms in total. The fourth-order valence-electron chi connectivity index (χ4n) is 9.47. The van der Waals surface area contributed by atoms with E-state index in [1.165, 1.54) is 64.2 Å². The number of ether oxygens (including phenoxy) is 1. The van der Waals surface area contributed by atoms with Crippen LogP contribution in [0.1, 0.15) is 156 Å². The zero-order chi connectivity index (χ0) is 31.1. The molecule has 3 fully saturated rings. The molecule has 0 aromatic rings. The number of unbranched alkanes of at least 4 members (excludes halogenated alkanes) is 12. The monoisotopic (exact) mass is 598 g/mol. The Morgan fingerprint density at radius 1 is 0.860 bits per heavy atom. The lowest BCUT2D eigenvalue weighted by Gasteiger charge is -2.57. The van der Waals surface area contributed by atoms with Gasteiger partial charge in [-0.1, -0.05) is 103 Å². The third kappa shape index (κ3) is 7.36. The van der Waals surface area contributed by atoms with Gasteiger partial charge in [-0.25, -0.2) is 0 Å². The van der Waals surface area contributed by atoms with Crippen LogP contribution < -0.4 is 0 Å². The summed E-state index contributed by atoms with van der Waals surface area (Å²) in [6, 6.07) is 0. The summed E-state index contributed by atoms with van der Waals surface area (Å²) in [5, 5.41) is 11.8. The summed E-state index contributed by atoms with van der Waals surface area (Å²) in [5.74, 6) is -0.584. The second-order valence-corrected chi connectivity index (χ2v) is 14.9. The van der Waals surface area contributed by atoms with Crippen molar-refractivity contribution < 1.29 is 29.0 Å². The van der Waals surface area contributed by atoms with Crippen LogP contribution in [0.4, 0.5) is 0 Å². The van der Waals surface area contributed by atoms with E-state index in [1.807, 2.05) is 6.92 Å². The van der Waals surface area contributed by atoms with Crippen LogP contribution in [0.15, 0.2) is 11.6 Å². The Kier molecular flexibility index (Phi) is 11.9. The molecule has 0 spiro atoms. The highest BCUT2D eigenvalue weighted by molar-refractivity contribution is 5.95. The first kappa shape index (κ1) is 34.1. The highest BCUT2D eigenvalue weighted by Gasteiger charge is 2.68. The minimum Gasteiger partial charge on any atom is -0.458 e. The molecule has 242 valence electrons. The van der Waals surface area contributed by atoms with E-state index in [4.69, 9.17) is 4.74 Å². The fourth-order valence-corrected chi connectivity index (χ4v) is 9.47. The van der Waals surface area contributed by atoms with Gasteiger partial charge in [-0.2, -0.15) is 0 Å². The molecule has 3 saturated carbocycles. The van der Waals surface area contributed by atoms with E-state index < -0.39 is 23.4 Å². The summed E-state index contributed by atoms with van der Waals surface area (Å²) >= 11 is 0. The first-order valence-corrected chi connectivity index (χ1v) is 17.7. The number of carbonyl (C=O) groups excluding carboxylic acids is 4. The number of aliphatic hydroxyl groups is 1. The van der Waals surface area contributed by atoms with E-state index in [9.17, 15) is 24.3 Å². The second kappa shape index (κ2) is 15.0. The third-order valence-corrected chi connectivity index (χ3v) is 12.1. The van der Waals surface area contributed by atoms with Crippen LogP contribution in [0.2, 0.25) is 0 Å². The molecule has 0 aliphatic heterocycles. The molecule has 4 aliphatic rings. The van der Waals surface area contributed by atoms with Gasteiger partial charge in [0.1, 0.15) is 11.4 Å². The number of esters is 1. The predicted octanol–water partition coefficient (Wildman–Crippen LogP) is 8.02. The largest absolute Gasteiger partial charge is 0.458 e. The van der Waals surface area contributed by atoms with E-state index in [-0.39, 0.29) is 47.1 Å².